The SMILES string of the molecule is Cc1nc(C(N)C(C)C)cc(=O)[nH]1. The molecule has 0 amide bonds. The largest absolute Gasteiger partial charge is 0.322 e. The summed E-state index contributed by atoms with van der Waals surface area (Å²) >= 11 is 0. The van der Waals surface area contributed by atoms with E-state index in [-0.39, 0.29) is 17.5 Å². The minimum absolute atomic E-state index is 0.140. The third-order valence-electron chi connectivity index (χ3n) is 1.94. The predicted octanol–water partition coefficient (Wildman–Crippen LogP) is 0.734. The Morgan fingerprint density at radius 2 is 2.15 bits per heavy atom. The maximum absolute atomic E-state index is 11.1. The summed E-state index contributed by atoms with van der Waals surface area (Å²) in [4.78, 5) is 17.8. The Morgan fingerprint density at radius 1 is 1.54 bits per heavy atom. The van der Waals surface area contributed by atoms with Crippen molar-refractivity contribution in [2.75, 3.05) is 0 Å². The van der Waals surface area contributed by atoms with Crippen LogP contribution >= 0.6 is 0 Å². The van der Waals surface area contributed by atoms with Gasteiger partial charge in [0.2, 0.25) is 0 Å². The molecule has 0 aliphatic carbocycles. The van der Waals surface area contributed by atoms with Gasteiger partial charge in [0, 0.05) is 12.1 Å². The predicted molar refractivity (Wildman–Crippen MR) is 51.4 cm³/mol. The van der Waals surface area contributed by atoms with E-state index in [9.17, 15) is 4.79 Å². The third-order valence-corrected chi connectivity index (χ3v) is 1.94. The molecule has 1 unspecified atom stereocenters. The second-order valence-corrected chi connectivity index (χ2v) is 3.53. The summed E-state index contributed by atoms with van der Waals surface area (Å²) in [7, 11) is 0. The Labute approximate surface area is 77.2 Å². The van der Waals surface area contributed by atoms with Gasteiger partial charge in [0.1, 0.15) is 5.82 Å². The van der Waals surface area contributed by atoms with Crippen molar-refractivity contribution in [1.29, 1.82) is 0 Å². The van der Waals surface area contributed by atoms with Crippen molar-refractivity contribution in [2.45, 2.75) is 26.8 Å². The molecule has 0 saturated heterocycles. The average molecular weight is 181 g/mol. The van der Waals surface area contributed by atoms with E-state index < -0.39 is 0 Å². The van der Waals surface area contributed by atoms with Crippen molar-refractivity contribution in [2.24, 2.45) is 11.7 Å². The number of nitrogens with one attached hydrogen (secondary N) is 1. The molecule has 3 N–H and O–H groups in total. The van der Waals surface area contributed by atoms with Gasteiger partial charge in [-0.15, -0.1) is 0 Å². The van der Waals surface area contributed by atoms with Crippen LogP contribution in [-0.4, -0.2) is 9.97 Å². The van der Waals surface area contributed by atoms with Gasteiger partial charge in [-0.05, 0) is 12.8 Å². The van der Waals surface area contributed by atoms with Crippen molar-refractivity contribution in [3.63, 3.8) is 0 Å². The number of rotatable bonds is 2. The van der Waals surface area contributed by atoms with Gasteiger partial charge >= 0.3 is 0 Å². The number of aromatic amines is 1. The Hall–Kier alpha value is -1.16. The quantitative estimate of drug-likeness (QED) is 0.706. The molecule has 1 heterocycles. The van der Waals surface area contributed by atoms with Crippen molar-refractivity contribution >= 4 is 0 Å². The second-order valence-electron chi connectivity index (χ2n) is 3.53. The van der Waals surface area contributed by atoms with Crippen molar-refractivity contribution in [1.82, 2.24) is 9.97 Å². The Kier molecular flexibility index (Phi) is 2.83. The monoisotopic (exact) mass is 181 g/mol. The summed E-state index contributed by atoms with van der Waals surface area (Å²) in [5, 5.41) is 0. The van der Waals surface area contributed by atoms with Gasteiger partial charge in [-0.1, -0.05) is 13.8 Å². The first-order valence-electron chi connectivity index (χ1n) is 4.34. The van der Waals surface area contributed by atoms with Gasteiger partial charge in [-0.2, -0.15) is 0 Å². The van der Waals surface area contributed by atoms with Crippen molar-refractivity contribution < 1.29 is 0 Å². The normalized spacial score (nSPS) is 13.3. The van der Waals surface area contributed by atoms with Crippen LogP contribution in [0, 0.1) is 12.8 Å². The molecule has 13 heavy (non-hydrogen) atoms. The maximum Gasteiger partial charge on any atom is 0.251 e. The van der Waals surface area contributed by atoms with E-state index in [0.717, 1.165) is 0 Å². The van der Waals surface area contributed by atoms with E-state index in [1.54, 1.807) is 6.92 Å². The maximum atomic E-state index is 11.1. The molecule has 1 rings (SSSR count). The standard InChI is InChI=1S/C9H15N3O/c1-5(2)9(10)7-4-8(13)12-6(3)11-7/h4-5,9H,10H2,1-3H3,(H,11,12,13). The molecule has 1 aromatic heterocycles. The van der Waals surface area contributed by atoms with Crippen LogP contribution in [-0.2, 0) is 0 Å². The summed E-state index contributed by atoms with van der Waals surface area (Å²) in [6.07, 6.45) is 0. The van der Waals surface area contributed by atoms with Gasteiger partial charge in [-0.25, -0.2) is 4.98 Å². The highest BCUT2D eigenvalue weighted by molar-refractivity contribution is 5.07. The molecule has 4 nitrogen and oxygen atoms in total. The minimum Gasteiger partial charge on any atom is -0.322 e. The lowest BCUT2D eigenvalue weighted by Crippen LogP contribution is -2.22. The van der Waals surface area contributed by atoms with E-state index in [4.69, 9.17) is 5.73 Å². The summed E-state index contributed by atoms with van der Waals surface area (Å²) in [6.45, 7) is 5.75. The average Bonchev–Trinajstić information content (AvgIpc) is 2.01. The van der Waals surface area contributed by atoms with Crippen LogP contribution in [0.1, 0.15) is 31.4 Å². The summed E-state index contributed by atoms with van der Waals surface area (Å²) in [5.41, 5.74) is 6.38. The van der Waals surface area contributed by atoms with Crippen LogP contribution in [0.15, 0.2) is 10.9 Å². The van der Waals surface area contributed by atoms with E-state index >= 15 is 0 Å². The van der Waals surface area contributed by atoms with Gasteiger partial charge in [0.25, 0.3) is 5.56 Å². The first-order chi connectivity index (χ1) is 6.00. The lowest BCUT2D eigenvalue weighted by Gasteiger charge is -2.14. The van der Waals surface area contributed by atoms with E-state index in [1.165, 1.54) is 6.07 Å². The zero-order chi connectivity index (χ0) is 10.0. The first kappa shape index (κ1) is 9.92. The highest BCUT2D eigenvalue weighted by Crippen LogP contribution is 2.14. The van der Waals surface area contributed by atoms with Crippen molar-refractivity contribution in [3.8, 4) is 0 Å². The molecule has 0 aliphatic rings. The Balaban J connectivity index is 3.08. The number of nitrogens with zero attached hydrogens (tertiary/aromatic N) is 1. The fourth-order valence-corrected chi connectivity index (χ4v) is 1.11. The van der Waals surface area contributed by atoms with Gasteiger partial charge in [-0.3, -0.25) is 4.79 Å². The zero-order valence-corrected chi connectivity index (χ0v) is 8.16. The highest BCUT2D eigenvalue weighted by atomic mass is 16.1. The summed E-state index contributed by atoms with van der Waals surface area (Å²) in [5.74, 6) is 0.896. The van der Waals surface area contributed by atoms with Crippen molar-refractivity contribution in [3.05, 3.63) is 27.9 Å². The number of nitrogens with two attached hydrogens (primary N) is 1. The molecule has 0 radical (unpaired) electrons. The third kappa shape index (κ3) is 2.39. The summed E-state index contributed by atoms with van der Waals surface area (Å²) in [6, 6.07) is 1.29. The van der Waals surface area contributed by atoms with E-state index in [1.807, 2.05) is 13.8 Å². The molecule has 1 aromatic rings. The lowest BCUT2D eigenvalue weighted by molar-refractivity contribution is 0.500. The molecule has 0 saturated carbocycles. The zero-order valence-electron chi connectivity index (χ0n) is 8.16. The number of hydrogen-bond acceptors (Lipinski definition) is 3. The minimum atomic E-state index is -0.166. The number of aryl methyl sites for hydroxylation is 1. The summed E-state index contributed by atoms with van der Waals surface area (Å²) < 4.78 is 0. The van der Waals surface area contributed by atoms with Crippen LogP contribution in [0.25, 0.3) is 0 Å². The van der Waals surface area contributed by atoms with E-state index in [0.29, 0.717) is 11.5 Å². The van der Waals surface area contributed by atoms with Gasteiger partial charge in [0.15, 0.2) is 0 Å². The van der Waals surface area contributed by atoms with Gasteiger partial charge in [0.05, 0.1) is 5.69 Å². The first-order valence-corrected chi connectivity index (χ1v) is 4.34. The smallest absolute Gasteiger partial charge is 0.251 e. The molecule has 1 atom stereocenters. The molecule has 0 aliphatic heterocycles. The molecular formula is C9H15N3O. The molecule has 0 spiro atoms. The van der Waals surface area contributed by atoms with Crippen LogP contribution in [0.2, 0.25) is 0 Å². The van der Waals surface area contributed by atoms with Crippen LogP contribution in [0.5, 0.6) is 0 Å². The molecule has 0 bridgehead atoms. The van der Waals surface area contributed by atoms with Crippen LogP contribution in [0.3, 0.4) is 0 Å². The number of aromatic nitrogens is 2. The van der Waals surface area contributed by atoms with Gasteiger partial charge < -0.3 is 10.7 Å². The molecular weight excluding hydrogens is 166 g/mol. The topological polar surface area (TPSA) is 71.8 Å². The number of H-pyrrole nitrogens is 1. The van der Waals surface area contributed by atoms with Crippen LogP contribution in [0.4, 0.5) is 0 Å². The van der Waals surface area contributed by atoms with E-state index in [2.05, 4.69) is 9.97 Å². The molecule has 0 fully saturated rings. The highest BCUT2D eigenvalue weighted by Gasteiger charge is 2.12. The second kappa shape index (κ2) is 3.70. The number of hydrogen-bond donors (Lipinski definition) is 2. The molecule has 72 valence electrons. The molecule has 0 aromatic carbocycles. The Bertz CT molecular complexity index is 343. The Morgan fingerprint density at radius 3 is 2.62 bits per heavy atom. The fourth-order valence-electron chi connectivity index (χ4n) is 1.11. The molecule has 4 heteroatoms. The van der Waals surface area contributed by atoms with Crippen LogP contribution < -0.4 is 11.3 Å². The fraction of sp³-hybridized carbons (Fsp3) is 0.556. The lowest BCUT2D eigenvalue weighted by atomic mass is 10.0.